The summed E-state index contributed by atoms with van der Waals surface area (Å²) in [7, 11) is 3.45. The summed E-state index contributed by atoms with van der Waals surface area (Å²) in [4.78, 5) is 4.26. The SMILES string of the molecule is CN=C(NCc1cccc(COC)c1)NCC1COc2ccccc2O1.I. The van der Waals surface area contributed by atoms with Gasteiger partial charge in [-0.3, -0.25) is 4.99 Å². The fourth-order valence-corrected chi connectivity index (χ4v) is 2.78. The lowest BCUT2D eigenvalue weighted by molar-refractivity contribution is 0.0936. The predicted molar refractivity (Wildman–Crippen MR) is 117 cm³/mol. The smallest absolute Gasteiger partial charge is 0.191 e. The molecular weight excluding hydrogens is 457 g/mol. The fraction of sp³-hybridized carbons (Fsp3) is 0.350. The van der Waals surface area contributed by atoms with E-state index in [9.17, 15) is 0 Å². The minimum Gasteiger partial charge on any atom is -0.486 e. The van der Waals surface area contributed by atoms with Gasteiger partial charge in [0.15, 0.2) is 17.5 Å². The van der Waals surface area contributed by atoms with E-state index in [1.54, 1.807) is 14.2 Å². The predicted octanol–water partition coefficient (Wildman–Crippen LogP) is 2.96. The van der Waals surface area contributed by atoms with Crippen LogP contribution in [0, 0.1) is 0 Å². The first-order chi connectivity index (χ1) is 12.8. The molecule has 0 fully saturated rings. The molecule has 1 unspecified atom stereocenters. The summed E-state index contributed by atoms with van der Waals surface area (Å²) < 4.78 is 16.9. The van der Waals surface area contributed by atoms with Crippen LogP contribution >= 0.6 is 24.0 Å². The molecule has 0 spiro atoms. The molecule has 0 aromatic heterocycles. The summed E-state index contributed by atoms with van der Waals surface area (Å²) >= 11 is 0. The molecule has 0 saturated carbocycles. The van der Waals surface area contributed by atoms with Crippen molar-refractivity contribution >= 4 is 29.9 Å². The van der Waals surface area contributed by atoms with Gasteiger partial charge in [-0.25, -0.2) is 0 Å². The van der Waals surface area contributed by atoms with E-state index >= 15 is 0 Å². The minimum absolute atomic E-state index is 0. The van der Waals surface area contributed by atoms with Gasteiger partial charge in [-0.1, -0.05) is 36.4 Å². The van der Waals surface area contributed by atoms with Crippen molar-refractivity contribution < 1.29 is 14.2 Å². The molecule has 0 saturated heterocycles. The highest BCUT2D eigenvalue weighted by atomic mass is 127. The van der Waals surface area contributed by atoms with Crippen LogP contribution in [-0.2, 0) is 17.9 Å². The van der Waals surface area contributed by atoms with Crippen LogP contribution in [0.3, 0.4) is 0 Å². The molecule has 1 aliphatic rings. The van der Waals surface area contributed by atoms with E-state index in [0.29, 0.717) is 26.3 Å². The van der Waals surface area contributed by atoms with Crippen LogP contribution in [-0.4, -0.2) is 39.4 Å². The van der Waals surface area contributed by atoms with E-state index in [4.69, 9.17) is 14.2 Å². The summed E-state index contributed by atoms with van der Waals surface area (Å²) in [6.07, 6.45) is -0.0616. The van der Waals surface area contributed by atoms with Crippen LogP contribution in [0.1, 0.15) is 11.1 Å². The molecule has 1 heterocycles. The van der Waals surface area contributed by atoms with Gasteiger partial charge in [-0.05, 0) is 23.3 Å². The number of rotatable bonds is 6. The maximum absolute atomic E-state index is 5.95. The largest absolute Gasteiger partial charge is 0.486 e. The van der Waals surface area contributed by atoms with Gasteiger partial charge in [0.1, 0.15) is 12.7 Å². The van der Waals surface area contributed by atoms with Crippen LogP contribution < -0.4 is 20.1 Å². The number of hydrogen-bond donors (Lipinski definition) is 2. The average molecular weight is 483 g/mol. The number of para-hydroxylation sites is 2. The Bertz CT molecular complexity index is 755. The Morgan fingerprint density at radius 1 is 1.11 bits per heavy atom. The van der Waals surface area contributed by atoms with E-state index in [1.165, 1.54) is 5.56 Å². The van der Waals surface area contributed by atoms with Gasteiger partial charge in [-0.2, -0.15) is 0 Å². The summed E-state index contributed by atoms with van der Waals surface area (Å²) in [5.41, 5.74) is 2.33. The molecule has 3 rings (SSSR count). The van der Waals surface area contributed by atoms with Crippen molar-refractivity contribution in [3.05, 3.63) is 59.7 Å². The zero-order chi connectivity index (χ0) is 18.2. The molecule has 1 atom stereocenters. The molecule has 146 valence electrons. The number of guanidine groups is 1. The highest BCUT2D eigenvalue weighted by molar-refractivity contribution is 14.0. The molecule has 7 heteroatoms. The summed E-state index contributed by atoms with van der Waals surface area (Å²) in [6, 6.07) is 16.0. The van der Waals surface area contributed by atoms with Crippen molar-refractivity contribution in [2.75, 3.05) is 27.3 Å². The Morgan fingerprint density at radius 3 is 2.67 bits per heavy atom. The molecule has 6 nitrogen and oxygen atoms in total. The Kier molecular flexibility index (Phi) is 8.66. The third-order valence-electron chi connectivity index (χ3n) is 4.05. The summed E-state index contributed by atoms with van der Waals surface area (Å²) in [5, 5.41) is 6.60. The number of aliphatic imine (C=N–C) groups is 1. The van der Waals surface area contributed by atoms with Crippen molar-refractivity contribution in [1.82, 2.24) is 10.6 Å². The number of fused-ring (bicyclic) bond motifs is 1. The maximum atomic E-state index is 5.95. The van der Waals surface area contributed by atoms with Crippen molar-refractivity contribution in [3.8, 4) is 11.5 Å². The second-order valence-electron chi connectivity index (χ2n) is 6.06. The van der Waals surface area contributed by atoms with Crippen molar-refractivity contribution in [2.45, 2.75) is 19.3 Å². The van der Waals surface area contributed by atoms with Crippen molar-refractivity contribution in [1.29, 1.82) is 0 Å². The number of nitrogens with zero attached hydrogens (tertiary/aromatic N) is 1. The highest BCUT2D eigenvalue weighted by Crippen LogP contribution is 2.30. The third kappa shape index (κ3) is 6.28. The van der Waals surface area contributed by atoms with Gasteiger partial charge in [0, 0.05) is 20.7 Å². The average Bonchev–Trinajstić information content (AvgIpc) is 2.68. The maximum Gasteiger partial charge on any atom is 0.191 e. The number of ether oxygens (including phenoxy) is 3. The zero-order valence-corrected chi connectivity index (χ0v) is 17.9. The van der Waals surface area contributed by atoms with E-state index in [0.717, 1.165) is 23.0 Å². The molecule has 2 aromatic rings. The molecule has 0 aliphatic carbocycles. The number of halogens is 1. The minimum atomic E-state index is -0.0616. The molecule has 0 radical (unpaired) electrons. The first-order valence-corrected chi connectivity index (χ1v) is 8.68. The van der Waals surface area contributed by atoms with E-state index in [2.05, 4.69) is 33.8 Å². The van der Waals surface area contributed by atoms with Crippen molar-refractivity contribution in [2.24, 2.45) is 4.99 Å². The van der Waals surface area contributed by atoms with Gasteiger partial charge in [0.2, 0.25) is 0 Å². The Labute approximate surface area is 177 Å². The van der Waals surface area contributed by atoms with Crippen LogP contribution in [0.15, 0.2) is 53.5 Å². The summed E-state index contributed by atoms with van der Waals surface area (Å²) in [6.45, 7) is 2.42. The topological polar surface area (TPSA) is 64.1 Å². The van der Waals surface area contributed by atoms with Crippen LogP contribution in [0.5, 0.6) is 11.5 Å². The van der Waals surface area contributed by atoms with Crippen LogP contribution in [0.4, 0.5) is 0 Å². The second kappa shape index (κ2) is 11.0. The Morgan fingerprint density at radius 2 is 1.89 bits per heavy atom. The molecule has 27 heavy (non-hydrogen) atoms. The normalized spacial score (nSPS) is 15.6. The van der Waals surface area contributed by atoms with E-state index in [1.807, 2.05) is 30.3 Å². The lowest BCUT2D eigenvalue weighted by atomic mass is 10.1. The first kappa shape index (κ1) is 21.3. The van der Waals surface area contributed by atoms with Gasteiger partial charge in [0.05, 0.1) is 13.2 Å². The quantitative estimate of drug-likeness (QED) is 0.376. The van der Waals surface area contributed by atoms with Gasteiger partial charge < -0.3 is 24.8 Å². The van der Waals surface area contributed by atoms with Crippen LogP contribution in [0.25, 0.3) is 0 Å². The third-order valence-corrected chi connectivity index (χ3v) is 4.05. The van der Waals surface area contributed by atoms with E-state index < -0.39 is 0 Å². The number of nitrogens with one attached hydrogen (secondary N) is 2. The molecule has 0 amide bonds. The monoisotopic (exact) mass is 483 g/mol. The Balaban J connectivity index is 0.00000261. The molecule has 2 aromatic carbocycles. The van der Waals surface area contributed by atoms with Crippen molar-refractivity contribution in [3.63, 3.8) is 0 Å². The first-order valence-electron chi connectivity index (χ1n) is 8.68. The molecule has 0 bridgehead atoms. The van der Waals surface area contributed by atoms with Crippen LogP contribution in [0.2, 0.25) is 0 Å². The number of methoxy groups -OCH3 is 1. The molecule has 1 aliphatic heterocycles. The Hall–Kier alpha value is -2.00. The number of hydrogen-bond acceptors (Lipinski definition) is 4. The zero-order valence-electron chi connectivity index (χ0n) is 15.6. The fourth-order valence-electron chi connectivity index (χ4n) is 2.78. The second-order valence-corrected chi connectivity index (χ2v) is 6.06. The molecular formula is C20H26IN3O3. The lowest BCUT2D eigenvalue weighted by Gasteiger charge is -2.27. The molecule has 2 N–H and O–H groups in total. The van der Waals surface area contributed by atoms with Gasteiger partial charge in [0.25, 0.3) is 0 Å². The van der Waals surface area contributed by atoms with Gasteiger partial charge in [-0.15, -0.1) is 24.0 Å². The van der Waals surface area contributed by atoms with Gasteiger partial charge >= 0.3 is 0 Å². The lowest BCUT2D eigenvalue weighted by Crippen LogP contribution is -2.45. The van der Waals surface area contributed by atoms with E-state index in [-0.39, 0.29) is 30.1 Å². The summed E-state index contributed by atoms with van der Waals surface area (Å²) in [5.74, 6) is 2.30. The number of benzene rings is 2. The standard InChI is InChI=1S/C20H25N3O3.HI/c1-21-20(22-11-15-6-5-7-16(10-15)13-24-2)23-12-17-14-25-18-8-3-4-9-19(18)26-17;/h3-10,17H,11-14H2,1-2H3,(H2,21,22,23);1H. The highest BCUT2D eigenvalue weighted by Gasteiger charge is 2.20.